The summed E-state index contributed by atoms with van der Waals surface area (Å²) in [6, 6.07) is 4.00. The minimum atomic E-state index is -3.57. The van der Waals surface area contributed by atoms with Crippen LogP contribution in [0.3, 0.4) is 0 Å². The quantitative estimate of drug-likeness (QED) is 0.554. The maximum absolute atomic E-state index is 11.5. The van der Waals surface area contributed by atoms with Crippen molar-refractivity contribution in [1.29, 1.82) is 0 Å². The lowest BCUT2D eigenvalue weighted by atomic mass is 10.2. The summed E-state index contributed by atoms with van der Waals surface area (Å²) in [5.74, 6) is -2.56. The molecule has 0 fully saturated rings. The van der Waals surface area contributed by atoms with Gasteiger partial charge in [0.05, 0.1) is 11.3 Å². The fourth-order valence-corrected chi connectivity index (χ4v) is 2.15. The van der Waals surface area contributed by atoms with Crippen molar-refractivity contribution in [2.75, 3.05) is 12.4 Å². The van der Waals surface area contributed by atoms with Crippen molar-refractivity contribution >= 4 is 27.6 Å². The van der Waals surface area contributed by atoms with Crippen LogP contribution in [0.5, 0.6) is 0 Å². The highest BCUT2D eigenvalue weighted by molar-refractivity contribution is 7.89. The van der Waals surface area contributed by atoms with E-state index >= 15 is 0 Å². The van der Waals surface area contributed by atoms with Gasteiger partial charge in [0.2, 0.25) is 10.0 Å². The standard InChI is InChI=1S/C11H14N2O6S/c1-12-20(18,19)8-4-2-7(3-5-8)13-9(11(16)17)6-10(14)15/h2-5,9,12-13H,6H2,1H3,(H,14,15)(H,16,17). The molecule has 0 aliphatic rings. The van der Waals surface area contributed by atoms with E-state index in [2.05, 4.69) is 10.0 Å². The van der Waals surface area contributed by atoms with Crippen LogP contribution in [-0.2, 0) is 19.6 Å². The van der Waals surface area contributed by atoms with Gasteiger partial charge in [-0.05, 0) is 31.3 Å². The summed E-state index contributed by atoms with van der Waals surface area (Å²) in [7, 11) is -2.29. The summed E-state index contributed by atoms with van der Waals surface area (Å²) in [5.41, 5.74) is 0.314. The predicted octanol–water partition coefficient (Wildman–Crippen LogP) is -0.0655. The first-order chi connectivity index (χ1) is 9.26. The molecule has 0 amide bonds. The van der Waals surface area contributed by atoms with E-state index in [1.54, 1.807) is 0 Å². The third-order valence-corrected chi connectivity index (χ3v) is 3.88. The van der Waals surface area contributed by atoms with Gasteiger partial charge in [-0.3, -0.25) is 4.79 Å². The zero-order chi connectivity index (χ0) is 15.3. The highest BCUT2D eigenvalue weighted by Gasteiger charge is 2.21. The van der Waals surface area contributed by atoms with E-state index < -0.39 is 34.4 Å². The first-order valence-electron chi connectivity index (χ1n) is 5.51. The average Bonchev–Trinajstić information content (AvgIpc) is 2.38. The van der Waals surface area contributed by atoms with Gasteiger partial charge in [-0.25, -0.2) is 17.9 Å². The summed E-state index contributed by atoms with van der Waals surface area (Å²) < 4.78 is 25.1. The Morgan fingerprint density at radius 2 is 1.75 bits per heavy atom. The molecule has 1 unspecified atom stereocenters. The molecular weight excluding hydrogens is 288 g/mol. The third kappa shape index (κ3) is 4.21. The molecule has 0 aliphatic heterocycles. The Hall–Kier alpha value is -2.13. The van der Waals surface area contributed by atoms with Gasteiger partial charge in [-0.1, -0.05) is 0 Å². The number of carbonyl (C=O) groups is 2. The molecule has 0 radical (unpaired) electrons. The van der Waals surface area contributed by atoms with Crippen LogP contribution >= 0.6 is 0 Å². The fraction of sp³-hybridized carbons (Fsp3) is 0.273. The van der Waals surface area contributed by atoms with Crippen LogP contribution in [0.1, 0.15) is 6.42 Å². The highest BCUT2D eigenvalue weighted by Crippen LogP contribution is 2.15. The van der Waals surface area contributed by atoms with Gasteiger partial charge < -0.3 is 15.5 Å². The Labute approximate surface area is 115 Å². The van der Waals surface area contributed by atoms with Crippen molar-refractivity contribution in [3.05, 3.63) is 24.3 Å². The second kappa shape index (κ2) is 6.35. The molecule has 0 aromatic heterocycles. The minimum Gasteiger partial charge on any atom is -0.481 e. The zero-order valence-corrected chi connectivity index (χ0v) is 11.3. The van der Waals surface area contributed by atoms with E-state index in [1.165, 1.54) is 31.3 Å². The maximum atomic E-state index is 11.5. The third-order valence-electron chi connectivity index (χ3n) is 2.45. The molecule has 0 spiro atoms. The van der Waals surface area contributed by atoms with Crippen molar-refractivity contribution < 1.29 is 28.2 Å². The molecule has 20 heavy (non-hydrogen) atoms. The lowest BCUT2D eigenvalue weighted by molar-refractivity contribution is -0.144. The smallest absolute Gasteiger partial charge is 0.326 e. The minimum absolute atomic E-state index is 0.0238. The number of carboxylic acids is 2. The molecule has 1 aromatic carbocycles. The van der Waals surface area contributed by atoms with Crippen molar-refractivity contribution in [3.8, 4) is 0 Å². The monoisotopic (exact) mass is 302 g/mol. The van der Waals surface area contributed by atoms with Crippen LogP contribution in [0.4, 0.5) is 5.69 Å². The second-order valence-electron chi connectivity index (χ2n) is 3.86. The largest absolute Gasteiger partial charge is 0.481 e. The van der Waals surface area contributed by atoms with Gasteiger partial charge in [0.25, 0.3) is 0 Å². The number of anilines is 1. The number of sulfonamides is 1. The molecule has 0 aliphatic carbocycles. The van der Waals surface area contributed by atoms with E-state index in [4.69, 9.17) is 10.2 Å². The molecule has 0 saturated carbocycles. The second-order valence-corrected chi connectivity index (χ2v) is 5.75. The van der Waals surface area contributed by atoms with E-state index in [1.807, 2.05) is 0 Å². The SMILES string of the molecule is CNS(=O)(=O)c1ccc(NC(CC(=O)O)C(=O)O)cc1. The van der Waals surface area contributed by atoms with Crippen LogP contribution in [-0.4, -0.2) is 43.7 Å². The molecule has 1 aromatic rings. The number of rotatable bonds is 7. The van der Waals surface area contributed by atoms with Gasteiger partial charge in [0.15, 0.2) is 0 Å². The summed E-state index contributed by atoms with van der Waals surface area (Å²) in [4.78, 5) is 21.4. The van der Waals surface area contributed by atoms with E-state index in [-0.39, 0.29) is 4.90 Å². The molecule has 4 N–H and O–H groups in total. The molecule has 1 rings (SSSR count). The van der Waals surface area contributed by atoms with Crippen molar-refractivity contribution in [2.45, 2.75) is 17.4 Å². The molecule has 0 bridgehead atoms. The number of nitrogens with one attached hydrogen (secondary N) is 2. The van der Waals surface area contributed by atoms with Gasteiger partial charge >= 0.3 is 11.9 Å². The van der Waals surface area contributed by atoms with Crippen molar-refractivity contribution in [2.24, 2.45) is 0 Å². The average molecular weight is 302 g/mol. The molecule has 9 heteroatoms. The molecule has 110 valence electrons. The van der Waals surface area contributed by atoms with Crippen LogP contribution < -0.4 is 10.0 Å². The Balaban J connectivity index is 2.88. The summed E-state index contributed by atoms with van der Waals surface area (Å²) in [6.45, 7) is 0. The van der Waals surface area contributed by atoms with Gasteiger partial charge in [-0.15, -0.1) is 0 Å². The molecule has 0 saturated heterocycles. The Bertz CT molecular complexity index is 596. The van der Waals surface area contributed by atoms with Crippen molar-refractivity contribution in [1.82, 2.24) is 4.72 Å². The maximum Gasteiger partial charge on any atom is 0.326 e. The van der Waals surface area contributed by atoms with E-state index in [0.717, 1.165) is 0 Å². The lowest BCUT2D eigenvalue weighted by Gasteiger charge is -2.14. The highest BCUT2D eigenvalue weighted by atomic mass is 32.2. The van der Waals surface area contributed by atoms with E-state index in [0.29, 0.717) is 5.69 Å². The molecule has 0 heterocycles. The molecule has 8 nitrogen and oxygen atoms in total. The van der Waals surface area contributed by atoms with Gasteiger partial charge in [0.1, 0.15) is 6.04 Å². The van der Waals surface area contributed by atoms with Gasteiger partial charge in [0, 0.05) is 5.69 Å². The number of carboxylic acid groups (broad SMARTS) is 2. The fourth-order valence-electron chi connectivity index (χ4n) is 1.42. The lowest BCUT2D eigenvalue weighted by Crippen LogP contribution is -2.31. The first-order valence-corrected chi connectivity index (χ1v) is 6.99. The number of hydrogen-bond acceptors (Lipinski definition) is 5. The van der Waals surface area contributed by atoms with Crippen molar-refractivity contribution in [3.63, 3.8) is 0 Å². The molecular formula is C11H14N2O6S. The summed E-state index contributed by atoms with van der Waals surface area (Å²) in [5, 5.41) is 20.0. The number of benzene rings is 1. The first kappa shape index (κ1) is 15.9. The summed E-state index contributed by atoms with van der Waals surface area (Å²) >= 11 is 0. The van der Waals surface area contributed by atoms with Gasteiger partial charge in [-0.2, -0.15) is 0 Å². The van der Waals surface area contributed by atoms with E-state index in [9.17, 15) is 18.0 Å². The van der Waals surface area contributed by atoms with Crippen LogP contribution in [0, 0.1) is 0 Å². The Kier molecular flexibility index (Phi) is 5.06. The van der Waals surface area contributed by atoms with Crippen LogP contribution in [0.2, 0.25) is 0 Å². The molecule has 1 atom stereocenters. The predicted molar refractivity (Wildman–Crippen MR) is 70.0 cm³/mol. The normalized spacial score (nSPS) is 12.7. The number of hydrogen-bond donors (Lipinski definition) is 4. The Morgan fingerprint density at radius 3 is 2.15 bits per heavy atom. The zero-order valence-electron chi connectivity index (χ0n) is 10.5. The Morgan fingerprint density at radius 1 is 1.20 bits per heavy atom. The van der Waals surface area contributed by atoms with Crippen LogP contribution in [0.25, 0.3) is 0 Å². The number of aliphatic carboxylic acids is 2. The van der Waals surface area contributed by atoms with Crippen LogP contribution in [0.15, 0.2) is 29.2 Å². The summed E-state index contributed by atoms with van der Waals surface area (Å²) in [6.07, 6.45) is -0.591. The topological polar surface area (TPSA) is 133 Å².